The van der Waals surface area contributed by atoms with Crippen molar-refractivity contribution in [1.82, 2.24) is 4.98 Å². The summed E-state index contributed by atoms with van der Waals surface area (Å²) < 4.78 is 18.7. The van der Waals surface area contributed by atoms with Crippen LogP contribution in [-0.2, 0) is 11.2 Å². The van der Waals surface area contributed by atoms with Gasteiger partial charge in [0.05, 0.1) is 0 Å². The summed E-state index contributed by atoms with van der Waals surface area (Å²) in [6.45, 7) is 4.13. The van der Waals surface area contributed by atoms with Crippen LogP contribution in [0.15, 0.2) is 36.5 Å². The number of halogens is 1. The third-order valence-electron chi connectivity index (χ3n) is 4.47. The molecule has 0 aliphatic heterocycles. The molecule has 0 spiro atoms. The van der Waals surface area contributed by atoms with Gasteiger partial charge in [-0.25, -0.2) is 9.78 Å². The van der Waals surface area contributed by atoms with E-state index in [2.05, 4.69) is 18.8 Å². The van der Waals surface area contributed by atoms with Gasteiger partial charge in [-0.3, -0.25) is 0 Å². The van der Waals surface area contributed by atoms with Crippen LogP contribution in [0.2, 0.25) is 0 Å². The molecule has 1 aliphatic carbocycles. The zero-order chi connectivity index (χ0) is 16.6. The fourth-order valence-corrected chi connectivity index (χ4v) is 3.19. The molecule has 1 atom stereocenters. The molecule has 1 aliphatic rings. The smallest absolute Gasteiger partial charge is 0.405 e. The lowest BCUT2D eigenvalue weighted by Crippen LogP contribution is -2.33. The van der Waals surface area contributed by atoms with Crippen molar-refractivity contribution in [2.45, 2.75) is 32.8 Å². The summed E-state index contributed by atoms with van der Waals surface area (Å²) >= 11 is 0. The molecule has 0 saturated carbocycles. The van der Waals surface area contributed by atoms with Crippen LogP contribution in [0.5, 0.6) is 0 Å². The largest absolute Gasteiger partial charge is 0.441 e. The Morgan fingerprint density at radius 1 is 1.30 bits per heavy atom. The number of carbonyl (C=O) groups is 1. The van der Waals surface area contributed by atoms with Crippen molar-refractivity contribution in [1.29, 1.82) is 0 Å². The zero-order valence-electron chi connectivity index (χ0n) is 13.2. The first-order valence-corrected chi connectivity index (χ1v) is 7.58. The summed E-state index contributed by atoms with van der Waals surface area (Å²) in [4.78, 5) is 14.8. The number of primary amides is 1. The van der Waals surface area contributed by atoms with E-state index >= 15 is 0 Å². The van der Waals surface area contributed by atoms with E-state index in [0.717, 1.165) is 35.1 Å². The van der Waals surface area contributed by atoms with E-state index in [1.807, 2.05) is 18.2 Å². The van der Waals surface area contributed by atoms with Crippen molar-refractivity contribution >= 4 is 6.09 Å². The van der Waals surface area contributed by atoms with E-state index in [1.54, 1.807) is 6.07 Å². The van der Waals surface area contributed by atoms with Gasteiger partial charge in [0.2, 0.25) is 5.95 Å². The Balaban J connectivity index is 2.02. The second kappa shape index (κ2) is 5.65. The van der Waals surface area contributed by atoms with Crippen LogP contribution in [0, 0.1) is 11.4 Å². The second-order valence-corrected chi connectivity index (χ2v) is 6.59. The van der Waals surface area contributed by atoms with Crippen LogP contribution in [0.25, 0.3) is 11.1 Å². The van der Waals surface area contributed by atoms with Gasteiger partial charge in [0.15, 0.2) is 0 Å². The molecule has 0 radical (unpaired) electrons. The maximum atomic E-state index is 13.3. The first kappa shape index (κ1) is 15.5. The monoisotopic (exact) mass is 314 g/mol. The number of nitrogens with zero attached hydrogens (tertiary/aromatic N) is 1. The van der Waals surface area contributed by atoms with Gasteiger partial charge in [-0.05, 0) is 41.2 Å². The predicted molar refractivity (Wildman–Crippen MR) is 85.1 cm³/mol. The number of fused-ring (bicyclic) bond motifs is 1. The van der Waals surface area contributed by atoms with Gasteiger partial charge in [-0.2, -0.15) is 4.39 Å². The van der Waals surface area contributed by atoms with E-state index in [1.165, 1.54) is 12.3 Å². The van der Waals surface area contributed by atoms with Gasteiger partial charge in [0.25, 0.3) is 0 Å². The Morgan fingerprint density at radius 2 is 2.04 bits per heavy atom. The van der Waals surface area contributed by atoms with Gasteiger partial charge in [0, 0.05) is 17.7 Å². The Bertz CT molecular complexity index is 758. The standard InChI is InChI=1S/C18H19FN2O2/c1-18(2)7-5-13-9-11(12-6-8-21-15(19)10-12)3-4-14(13)16(18)23-17(20)22/h3-4,6,8-10,16H,5,7H2,1-2H3,(H2,20,22). The second-order valence-electron chi connectivity index (χ2n) is 6.59. The minimum atomic E-state index is -0.767. The van der Waals surface area contributed by atoms with Crippen LogP contribution >= 0.6 is 0 Å². The summed E-state index contributed by atoms with van der Waals surface area (Å²) in [6, 6.07) is 9.06. The molecule has 0 fully saturated rings. The number of amides is 1. The van der Waals surface area contributed by atoms with Gasteiger partial charge < -0.3 is 10.5 Å². The lowest BCUT2D eigenvalue weighted by molar-refractivity contribution is 0.0147. The number of aryl methyl sites for hydroxylation is 1. The molecule has 23 heavy (non-hydrogen) atoms. The molecular formula is C18H19FN2O2. The molecule has 1 amide bonds. The molecule has 3 rings (SSSR count). The van der Waals surface area contributed by atoms with Crippen molar-refractivity contribution in [2.75, 3.05) is 0 Å². The van der Waals surface area contributed by atoms with Crippen LogP contribution in [0.3, 0.4) is 0 Å². The fourth-order valence-electron chi connectivity index (χ4n) is 3.19. The Hall–Kier alpha value is -2.43. The highest BCUT2D eigenvalue weighted by Crippen LogP contribution is 2.46. The molecule has 120 valence electrons. The van der Waals surface area contributed by atoms with Crippen molar-refractivity contribution in [3.8, 4) is 11.1 Å². The summed E-state index contributed by atoms with van der Waals surface area (Å²) in [7, 11) is 0. The van der Waals surface area contributed by atoms with Crippen molar-refractivity contribution in [3.63, 3.8) is 0 Å². The molecule has 4 nitrogen and oxygen atoms in total. The number of hydrogen-bond donors (Lipinski definition) is 1. The average Bonchev–Trinajstić information content (AvgIpc) is 2.49. The summed E-state index contributed by atoms with van der Waals surface area (Å²) in [6.07, 6.45) is 2.07. The highest BCUT2D eigenvalue weighted by Gasteiger charge is 2.38. The van der Waals surface area contributed by atoms with Crippen molar-refractivity contribution in [2.24, 2.45) is 11.1 Å². The van der Waals surface area contributed by atoms with Gasteiger partial charge in [-0.1, -0.05) is 32.0 Å². The minimum Gasteiger partial charge on any atom is -0.441 e. The fraction of sp³-hybridized carbons (Fsp3) is 0.333. The van der Waals surface area contributed by atoms with Crippen molar-refractivity contribution < 1.29 is 13.9 Å². The van der Waals surface area contributed by atoms with Crippen LogP contribution < -0.4 is 5.73 Å². The maximum Gasteiger partial charge on any atom is 0.405 e. The molecule has 5 heteroatoms. The van der Waals surface area contributed by atoms with Crippen LogP contribution in [-0.4, -0.2) is 11.1 Å². The van der Waals surface area contributed by atoms with E-state index in [-0.39, 0.29) is 11.5 Å². The summed E-state index contributed by atoms with van der Waals surface area (Å²) in [5, 5.41) is 0. The zero-order valence-corrected chi connectivity index (χ0v) is 13.2. The molecule has 1 heterocycles. The lowest BCUT2D eigenvalue weighted by Gasteiger charge is -2.39. The van der Waals surface area contributed by atoms with Gasteiger partial charge in [0.1, 0.15) is 6.10 Å². The maximum absolute atomic E-state index is 13.3. The quantitative estimate of drug-likeness (QED) is 0.852. The number of rotatable bonds is 2. The molecule has 2 N–H and O–H groups in total. The van der Waals surface area contributed by atoms with Crippen LogP contribution in [0.1, 0.15) is 37.5 Å². The van der Waals surface area contributed by atoms with E-state index in [4.69, 9.17) is 10.5 Å². The molecule has 0 bridgehead atoms. The predicted octanol–water partition coefficient (Wildman–Crippen LogP) is 4.00. The number of nitrogens with two attached hydrogens (primary N) is 1. The van der Waals surface area contributed by atoms with E-state index in [0.29, 0.717) is 0 Å². The topological polar surface area (TPSA) is 65.2 Å². The number of benzene rings is 1. The molecule has 0 saturated heterocycles. The van der Waals surface area contributed by atoms with E-state index < -0.39 is 12.0 Å². The number of ether oxygens (including phenoxy) is 1. The lowest BCUT2D eigenvalue weighted by atomic mass is 9.71. The third-order valence-corrected chi connectivity index (χ3v) is 4.47. The number of aromatic nitrogens is 1. The first-order chi connectivity index (χ1) is 10.9. The number of pyridine rings is 1. The number of carbonyl (C=O) groups excluding carboxylic acids is 1. The molecule has 1 aromatic heterocycles. The average molecular weight is 314 g/mol. The van der Waals surface area contributed by atoms with Crippen LogP contribution in [0.4, 0.5) is 9.18 Å². The molecule has 1 aromatic carbocycles. The van der Waals surface area contributed by atoms with Gasteiger partial charge >= 0.3 is 6.09 Å². The molecule has 1 unspecified atom stereocenters. The third kappa shape index (κ3) is 3.04. The molecular weight excluding hydrogens is 295 g/mol. The van der Waals surface area contributed by atoms with Crippen molar-refractivity contribution in [3.05, 3.63) is 53.6 Å². The van der Waals surface area contributed by atoms with Gasteiger partial charge in [-0.15, -0.1) is 0 Å². The normalized spacial score (nSPS) is 19.0. The summed E-state index contributed by atoms with van der Waals surface area (Å²) in [5.74, 6) is -0.503. The summed E-state index contributed by atoms with van der Waals surface area (Å²) in [5.41, 5.74) is 8.82. The Morgan fingerprint density at radius 3 is 2.74 bits per heavy atom. The highest BCUT2D eigenvalue weighted by molar-refractivity contribution is 5.67. The molecule has 2 aromatic rings. The Labute approximate surface area is 134 Å². The number of hydrogen-bond acceptors (Lipinski definition) is 3. The highest BCUT2D eigenvalue weighted by atomic mass is 19.1. The minimum absolute atomic E-state index is 0.174. The SMILES string of the molecule is CC1(C)CCc2cc(-c3ccnc(F)c3)ccc2C1OC(N)=O. The first-order valence-electron chi connectivity index (χ1n) is 7.58. The Kier molecular flexibility index (Phi) is 3.80. The van der Waals surface area contributed by atoms with E-state index in [9.17, 15) is 9.18 Å².